The highest BCUT2D eigenvalue weighted by Gasteiger charge is 2.56. The molecular formula is C36H40FN7O4. The maximum absolute atomic E-state index is 15.0. The van der Waals surface area contributed by atoms with Crippen LogP contribution in [0.5, 0.6) is 0 Å². The van der Waals surface area contributed by atoms with Crippen molar-refractivity contribution in [2.75, 3.05) is 11.9 Å². The van der Waals surface area contributed by atoms with Crippen molar-refractivity contribution in [3.8, 4) is 6.07 Å². The second-order valence-corrected chi connectivity index (χ2v) is 15.2. The van der Waals surface area contributed by atoms with Gasteiger partial charge in [-0.05, 0) is 60.8 Å². The first kappa shape index (κ1) is 31.8. The number of nitriles is 1. The van der Waals surface area contributed by atoms with Crippen LogP contribution in [0.25, 0.3) is 10.9 Å². The number of likely N-dealkylation sites (tertiary alicyclic amines) is 1. The molecule has 2 aliphatic heterocycles. The van der Waals surface area contributed by atoms with Crippen LogP contribution >= 0.6 is 0 Å². The Morgan fingerprint density at radius 3 is 2.56 bits per heavy atom. The summed E-state index contributed by atoms with van der Waals surface area (Å²) in [5.74, 6) is -2.17. The highest BCUT2D eigenvalue weighted by Crippen LogP contribution is 2.46. The second-order valence-electron chi connectivity index (χ2n) is 15.2. The number of fused-ring (bicyclic) bond motifs is 3. The highest BCUT2D eigenvalue weighted by molar-refractivity contribution is 6.07. The average Bonchev–Trinajstić information content (AvgIpc) is 3.96. The Bertz CT molecular complexity index is 1870. The lowest BCUT2D eigenvalue weighted by atomic mass is 9.80. The van der Waals surface area contributed by atoms with Gasteiger partial charge in [0, 0.05) is 35.8 Å². The van der Waals surface area contributed by atoms with Gasteiger partial charge in [-0.2, -0.15) is 10.4 Å². The van der Waals surface area contributed by atoms with Gasteiger partial charge in [0.05, 0.1) is 17.5 Å². The molecule has 4 atom stereocenters. The van der Waals surface area contributed by atoms with Gasteiger partial charge in [-0.25, -0.2) is 4.39 Å². The first-order valence-electron chi connectivity index (χ1n) is 16.8. The third-order valence-corrected chi connectivity index (χ3v) is 10.00. The predicted octanol–water partition coefficient (Wildman–Crippen LogP) is 4.34. The van der Waals surface area contributed by atoms with E-state index in [9.17, 15) is 24.4 Å². The number of halogens is 1. The number of benzene rings is 2. The monoisotopic (exact) mass is 653 g/mol. The van der Waals surface area contributed by atoms with Crippen LogP contribution in [0.4, 0.5) is 10.1 Å². The Labute approximate surface area is 278 Å². The van der Waals surface area contributed by atoms with Crippen molar-refractivity contribution in [3.05, 3.63) is 59.5 Å². The van der Waals surface area contributed by atoms with E-state index in [0.29, 0.717) is 17.5 Å². The van der Waals surface area contributed by atoms with Crippen LogP contribution < -0.4 is 16.0 Å². The summed E-state index contributed by atoms with van der Waals surface area (Å²) in [5, 5.41) is 23.6. The summed E-state index contributed by atoms with van der Waals surface area (Å²) in [4.78, 5) is 56.5. The van der Waals surface area contributed by atoms with Crippen LogP contribution in [0.15, 0.2) is 42.6 Å². The summed E-state index contributed by atoms with van der Waals surface area (Å²) in [7, 11) is 0. The number of nitrogens with zero attached hydrogens (tertiary/aromatic N) is 4. The van der Waals surface area contributed by atoms with Gasteiger partial charge in [0.2, 0.25) is 17.7 Å². The van der Waals surface area contributed by atoms with E-state index in [-0.39, 0.29) is 48.3 Å². The molecule has 7 rings (SSSR count). The molecule has 4 aliphatic rings. The molecule has 1 saturated heterocycles. The maximum atomic E-state index is 15.0. The van der Waals surface area contributed by atoms with E-state index >= 15 is 4.39 Å². The van der Waals surface area contributed by atoms with Crippen LogP contribution in [-0.2, 0) is 19.8 Å². The number of carbonyl (C=O) groups is 4. The zero-order chi connectivity index (χ0) is 34.0. The molecule has 1 spiro atoms. The fourth-order valence-electron chi connectivity index (χ4n) is 7.20. The fourth-order valence-corrected chi connectivity index (χ4v) is 7.20. The lowest BCUT2D eigenvalue weighted by Gasteiger charge is -2.32. The van der Waals surface area contributed by atoms with Gasteiger partial charge in [0.15, 0.2) is 5.82 Å². The smallest absolute Gasteiger partial charge is 0.252 e. The average molecular weight is 654 g/mol. The van der Waals surface area contributed by atoms with Crippen molar-refractivity contribution < 1.29 is 23.6 Å². The van der Waals surface area contributed by atoms with Gasteiger partial charge in [-0.1, -0.05) is 51.8 Å². The molecule has 3 heterocycles. The molecule has 3 fully saturated rings. The Kier molecular flexibility index (Phi) is 7.76. The summed E-state index contributed by atoms with van der Waals surface area (Å²) in [6, 6.07) is 9.66. The molecule has 250 valence electrons. The minimum atomic E-state index is -1.06. The first-order chi connectivity index (χ1) is 22.8. The number of para-hydroxylation sites is 1. The molecule has 2 aromatic carbocycles. The summed E-state index contributed by atoms with van der Waals surface area (Å²) in [6.07, 6.45) is 6.35. The Balaban J connectivity index is 1.12. The zero-order valence-corrected chi connectivity index (χ0v) is 27.4. The van der Waals surface area contributed by atoms with Crippen molar-refractivity contribution in [2.24, 2.45) is 11.3 Å². The van der Waals surface area contributed by atoms with Gasteiger partial charge in [0.25, 0.3) is 5.91 Å². The Morgan fingerprint density at radius 2 is 1.88 bits per heavy atom. The topological polar surface area (TPSA) is 149 Å². The predicted molar refractivity (Wildman–Crippen MR) is 175 cm³/mol. The minimum Gasteiger partial charge on any atom is -0.342 e. The summed E-state index contributed by atoms with van der Waals surface area (Å²) in [6.45, 7) is 5.86. The van der Waals surface area contributed by atoms with E-state index in [0.717, 1.165) is 37.3 Å². The lowest BCUT2D eigenvalue weighted by molar-refractivity contribution is -0.138. The normalized spacial score (nSPS) is 23.0. The molecule has 0 radical (unpaired) electrons. The SMILES string of the molecule is CC(C)(C)C[C@H](NC(=O)[C@H](CC1CC1)NC(=O)c1cc(F)c2nn(C3CC3)cc2c1)C(=O)N1C[C@]2(C[C@H]1C#N)C(=O)Nc1ccccc12. The second kappa shape index (κ2) is 11.7. The summed E-state index contributed by atoms with van der Waals surface area (Å²) < 4.78 is 16.8. The van der Waals surface area contributed by atoms with Crippen molar-refractivity contribution in [2.45, 2.75) is 95.3 Å². The van der Waals surface area contributed by atoms with Crippen molar-refractivity contribution in [1.29, 1.82) is 5.26 Å². The first-order valence-corrected chi connectivity index (χ1v) is 16.8. The van der Waals surface area contributed by atoms with Crippen LogP contribution in [0, 0.1) is 28.5 Å². The lowest BCUT2D eigenvalue weighted by Crippen LogP contribution is -2.56. The van der Waals surface area contributed by atoms with Crippen LogP contribution in [-0.4, -0.2) is 63.0 Å². The molecule has 2 aliphatic carbocycles. The molecule has 12 heteroatoms. The number of anilines is 1. The van der Waals surface area contributed by atoms with Crippen molar-refractivity contribution >= 4 is 40.2 Å². The maximum Gasteiger partial charge on any atom is 0.252 e. The van der Waals surface area contributed by atoms with E-state index in [1.807, 2.05) is 39.0 Å². The van der Waals surface area contributed by atoms with Gasteiger partial charge < -0.3 is 20.9 Å². The van der Waals surface area contributed by atoms with E-state index in [1.54, 1.807) is 23.0 Å². The van der Waals surface area contributed by atoms with E-state index in [2.05, 4.69) is 27.1 Å². The third-order valence-electron chi connectivity index (χ3n) is 10.00. The van der Waals surface area contributed by atoms with E-state index in [4.69, 9.17) is 0 Å². The van der Waals surface area contributed by atoms with Crippen LogP contribution in [0.3, 0.4) is 0 Å². The largest absolute Gasteiger partial charge is 0.342 e. The quantitative estimate of drug-likeness (QED) is 0.313. The number of amides is 4. The zero-order valence-electron chi connectivity index (χ0n) is 27.4. The van der Waals surface area contributed by atoms with Gasteiger partial charge in [0.1, 0.15) is 23.6 Å². The number of rotatable bonds is 9. The molecule has 3 aromatic rings. The van der Waals surface area contributed by atoms with Gasteiger partial charge in [-0.3, -0.25) is 23.9 Å². The Morgan fingerprint density at radius 1 is 1.12 bits per heavy atom. The molecule has 3 N–H and O–H groups in total. The summed E-state index contributed by atoms with van der Waals surface area (Å²) in [5.41, 5.74) is 0.257. The molecule has 0 bridgehead atoms. The highest BCUT2D eigenvalue weighted by atomic mass is 19.1. The molecular weight excluding hydrogens is 613 g/mol. The van der Waals surface area contributed by atoms with Crippen LogP contribution in [0.2, 0.25) is 0 Å². The van der Waals surface area contributed by atoms with Gasteiger partial charge >= 0.3 is 0 Å². The molecule has 0 unspecified atom stereocenters. The van der Waals surface area contributed by atoms with Crippen LogP contribution in [0.1, 0.15) is 87.7 Å². The standard InChI is InChI=1S/C36H40FN7O4/c1-35(2,3)16-29(33(47)43-19-36(15-24(43)17-38)25-6-4-5-7-27(25)41-34(36)48)40-32(46)28(12-20-8-9-20)39-31(45)21-13-22-18-44(23-10-11-23)42-30(22)26(37)14-21/h4-7,13-14,18,20,23-24,28-29H,8-12,15-16,19H2,1-3H3,(H,39,45)(H,40,46)(H,41,48)/t24-,28-,29-,36-/m0/s1. The van der Waals surface area contributed by atoms with Gasteiger partial charge in [-0.15, -0.1) is 0 Å². The number of aromatic nitrogens is 2. The van der Waals surface area contributed by atoms with E-state index < -0.39 is 52.5 Å². The van der Waals surface area contributed by atoms with E-state index in [1.165, 1.54) is 4.90 Å². The number of hydrogen-bond donors (Lipinski definition) is 3. The minimum absolute atomic E-state index is 0.0109. The van der Waals surface area contributed by atoms with Crippen molar-refractivity contribution in [1.82, 2.24) is 25.3 Å². The molecule has 4 amide bonds. The fraction of sp³-hybridized carbons (Fsp3) is 0.500. The van der Waals surface area contributed by atoms with Crippen molar-refractivity contribution in [3.63, 3.8) is 0 Å². The number of hydrogen-bond acceptors (Lipinski definition) is 6. The third kappa shape index (κ3) is 6.02. The number of carbonyl (C=O) groups excluding carboxylic acids is 4. The summed E-state index contributed by atoms with van der Waals surface area (Å²) >= 11 is 0. The Hall–Kier alpha value is -4.79. The molecule has 48 heavy (non-hydrogen) atoms. The molecule has 11 nitrogen and oxygen atoms in total. The molecule has 2 saturated carbocycles. The number of nitrogens with one attached hydrogen (secondary N) is 3. The molecule has 1 aromatic heterocycles.